The van der Waals surface area contributed by atoms with E-state index < -0.39 is 27.3 Å². The molecule has 1 aromatic heterocycles. The van der Waals surface area contributed by atoms with Crippen molar-refractivity contribution in [3.05, 3.63) is 63.9 Å². The van der Waals surface area contributed by atoms with Gasteiger partial charge in [0.05, 0.1) is 11.7 Å². The number of carbonyl (C=O) groups excluding carboxylic acids is 1. The van der Waals surface area contributed by atoms with E-state index in [1.54, 1.807) is 6.07 Å². The molecule has 0 aliphatic carbocycles. The van der Waals surface area contributed by atoms with Crippen molar-refractivity contribution >= 4 is 27.5 Å². The molecule has 1 amide bonds. The first-order valence-electron chi connectivity index (χ1n) is 11.9. The van der Waals surface area contributed by atoms with Crippen molar-refractivity contribution in [2.45, 2.75) is 44.8 Å². The number of hydrogen-bond acceptors (Lipinski definition) is 5. The summed E-state index contributed by atoms with van der Waals surface area (Å²) >= 11 is 6.21. The monoisotopic (exact) mass is 560 g/mol. The third-order valence-corrected chi connectivity index (χ3v) is 8.54. The number of aryl methyl sites for hydroxylation is 1. The Hall–Kier alpha value is -2.21. The maximum Gasteiger partial charge on any atom is 0.433 e. The quantitative estimate of drug-likeness (QED) is 0.528. The van der Waals surface area contributed by atoms with Gasteiger partial charge in [0.1, 0.15) is 5.69 Å². The van der Waals surface area contributed by atoms with E-state index in [0.717, 1.165) is 23.4 Å². The average Bonchev–Trinajstić information content (AvgIpc) is 3.08. The minimum absolute atomic E-state index is 0.0270. The maximum atomic E-state index is 13.5. The molecule has 37 heavy (non-hydrogen) atoms. The van der Waals surface area contributed by atoms with Gasteiger partial charge in [-0.3, -0.25) is 9.78 Å². The number of benzene rings is 1. The molecule has 2 aromatic rings. The number of hydrogen-bond donors (Lipinski definition) is 1. The molecule has 1 fully saturated rings. The zero-order valence-corrected chi connectivity index (χ0v) is 22.7. The molecule has 0 bridgehead atoms. The molecule has 1 N–H and O–H groups in total. The minimum atomic E-state index is -4.53. The molecule has 0 spiro atoms. The Labute approximate surface area is 221 Å². The van der Waals surface area contributed by atoms with Gasteiger partial charge < -0.3 is 10.2 Å². The number of sulfonamides is 1. The molecule has 2 heterocycles. The van der Waals surface area contributed by atoms with E-state index in [-0.39, 0.29) is 12.5 Å². The van der Waals surface area contributed by atoms with Gasteiger partial charge in [-0.25, -0.2) is 12.7 Å². The Morgan fingerprint density at radius 3 is 2.46 bits per heavy atom. The van der Waals surface area contributed by atoms with Gasteiger partial charge in [0.25, 0.3) is 0 Å². The summed E-state index contributed by atoms with van der Waals surface area (Å²) in [5, 5.41) is 3.44. The second kappa shape index (κ2) is 11.7. The lowest BCUT2D eigenvalue weighted by molar-refractivity contribution is -0.141. The van der Waals surface area contributed by atoms with E-state index in [4.69, 9.17) is 11.6 Å². The SMILES string of the molecule is Cc1cc(C(C)(CCN2CCCN(S(C)(=O)=O)CC2)C(=O)NCc2ccc(C(F)(F)F)nc2)ccc1Cl. The van der Waals surface area contributed by atoms with Gasteiger partial charge in [-0.1, -0.05) is 29.8 Å². The minimum Gasteiger partial charge on any atom is -0.351 e. The van der Waals surface area contributed by atoms with Gasteiger partial charge in [-0.15, -0.1) is 0 Å². The normalized spacial score (nSPS) is 17.7. The van der Waals surface area contributed by atoms with E-state index in [2.05, 4.69) is 15.2 Å². The van der Waals surface area contributed by atoms with Crippen LogP contribution in [0.3, 0.4) is 0 Å². The molecule has 1 saturated heterocycles. The van der Waals surface area contributed by atoms with Crippen molar-refractivity contribution in [1.82, 2.24) is 19.5 Å². The second-order valence-corrected chi connectivity index (χ2v) is 12.0. The standard InChI is InChI=1S/C25H32ClF3N4O3S/c1-18-15-20(6-7-21(18)26)24(2,9-12-32-10-4-11-33(14-13-32)37(3,35)36)23(34)31-17-19-5-8-22(30-16-19)25(27,28)29/h5-8,15-16H,4,9-14,17H2,1-3H3,(H,31,34). The molecular formula is C25H32ClF3N4O3S. The fraction of sp³-hybridized carbons (Fsp3) is 0.520. The number of carbonyl (C=O) groups is 1. The highest BCUT2D eigenvalue weighted by molar-refractivity contribution is 7.88. The molecule has 204 valence electrons. The van der Waals surface area contributed by atoms with Crippen LogP contribution < -0.4 is 5.32 Å². The fourth-order valence-corrected chi connectivity index (χ4v) is 5.33. The van der Waals surface area contributed by atoms with Gasteiger partial charge >= 0.3 is 6.18 Å². The zero-order chi connectivity index (χ0) is 27.4. The molecule has 1 aliphatic heterocycles. The average molecular weight is 561 g/mol. The lowest BCUT2D eigenvalue weighted by Gasteiger charge is -2.32. The number of rotatable bonds is 8. The Morgan fingerprint density at radius 1 is 1.14 bits per heavy atom. The van der Waals surface area contributed by atoms with E-state index in [9.17, 15) is 26.4 Å². The lowest BCUT2D eigenvalue weighted by Crippen LogP contribution is -2.45. The first-order valence-corrected chi connectivity index (χ1v) is 14.2. The first-order chi connectivity index (χ1) is 17.2. The topological polar surface area (TPSA) is 82.6 Å². The highest BCUT2D eigenvalue weighted by Crippen LogP contribution is 2.32. The number of nitrogens with zero attached hydrogens (tertiary/aromatic N) is 3. The summed E-state index contributed by atoms with van der Waals surface area (Å²) in [7, 11) is -3.26. The molecule has 1 aromatic carbocycles. The first kappa shape index (κ1) is 29.3. The number of amides is 1. The fourth-order valence-electron chi connectivity index (χ4n) is 4.34. The predicted octanol–water partition coefficient (Wildman–Crippen LogP) is 3.99. The van der Waals surface area contributed by atoms with Gasteiger partial charge in [0.15, 0.2) is 0 Å². The van der Waals surface area contributed by atoms with Crippen molar-refractivity contribution in [1.29, 1.82) is 0 Å². The number of aromatic nitrogens is 1. The number of nitrogens with one attached hydrogen (secondary N) is 1. The maximum absolute atomic E-state index is 13.5. The molecular weight excluding hydrogens is 529 g/mol. The summed E-state index contributed by atoms with van der Waals surface area (Å²) < 4.78 is 63.8. The van der Waals surface area contributed by atoms with Crippen molar-refractivity contribution < 1.29 is 26.4 Å². The summed E-state index contributed by atoms with van der Waals surface area (Å²) in [6.07, 6.45) is -1.07. The highest BCUT2D eigenvalue weighted by Gasteiger charge is 2.36. The van der Waals surface area contributed by atoms with Crippen LogP contribution >= 0.6 is 11.6 Å². The summed E-state index contributed by atoms with van der Waals surface area (Å²) in [5.41, 5.74) is 0.0892. The highest BCUT2D eigenvalue weighted by atomic mass is 35.5. The third kappa shape index (κ3) is 7.66. The molecule has 1 aliphatic rings. The molecule has 12 heteroatoms. The van der Waals surface area contributed by atoms with Crippen LogP contribution in [0.15, 0.2) is 36.5 Å². The Kier molecular flexibility index (Phi) is 9.26. The number of alkyl halides is 3. The van der Waals surface area contributed by atoms with Gasteiger partial charge in [-0.2, -0.15) is 13.2 Å². The lowest BCUT2D eigenvalue weighted by atomic mass is 9.77. The van der Waals surface area contributed by atoms with Gasteiger partial charge in [0.2, 0.25) is 15.9 Å². The van der Waals surface area contributed by atoms with E-state index in [0.29, 0.717) is 56.2 Å². The van der Waals surface area contributed by atoms with Crippen LogP contribution in [-0.4, -0.2) is 67.5 Å². The van der Waals surface area contributed by atoms with Gasteiger partial charge in [0, 0.05) is 37.4 Å². The smallest absolute Gasteiger partial charge is 0.351 e. The molecule has 3 rings (SSSR count). The van der Waals surface area contributed by atoms with Gasteiger partial charge in [-0.05, 0) is 68.6 Å². The molecule has 1 atom stereocenters. The van der Waals surface area contributed by atoms with Crippen LogP contribution in [-0.2, 0) is 33.0 Å². The van der Waals surface area contributed by atoms with Crippen molar-refractivity contribution in [3.8, 4) is 0 Å². The largest absolute Gasteiger partial charge is 0.433 e. The third-order valence-electron chi connectivity index (χ3n) is 6.81. The van der Waals surface area contributed by atoms with Crippen LogP contribution in [0.25, 0.3) is 0 Å². The van der Waals surface area contributed by atoms with Crippen LogP contribution in [0.4, 0.5) is 13.2 Å². The molecule has 1 unspecified atom stereocenters. The summed E-state index contributed by atoms with van der Waals surface area (Å²) in [6, 6.07) is 7.61. The van der Waals surface area contributed by atoms with Crippen molar-refractivity contribution in [2.75, 3.05) is 39.0 Å². The summed E-state index contributed by atoms with van der Waals surface area (Å²) in [6.45, 7) is 6.39. The number of pyridine rings is 1. The molecule has 7 nitrogen and oxygen atoms in total. The van der Waals surface area contributed by atoms with Crippen molar-refractivity contribution in [2.24, 2.45) is 0 Å². The molecule has 0 saturated carbocycles. The molecule has 0 radical (unpaired) electrons. The van der Waals surface area contributed by atoms with E-state index in [1.165, 1.54) is 16.6 Å². The predicted molar refractivity (Wildman–Crippen MR) is 137 cm³/mol. The van der Waals surface area contributed by atoms with Crippen molar-refractivity contribution in [3.63, 3.8) is 0 Å². The van der Waals surface area contributed by atoms with Crippen LogP contribution in [0, 0.1) is 6.92 Å². The summed E-state index contributed by atoms with van der Waals surface area (Å²) in [4.78, 5) is 19.1. The number of halogens is 4. The van der Waals surface area contributed by atoms with E-state index in [1.807, 2.05) is 26.0 Å². The van der Waals surface area contributed by atoms with Crippen LogP contribution in [0.1, 0.15) is 42.1 Å². The Balaban J connectivity index is 1.75. The second-order valence-electron chi connectivity index (χ2n) is 9.64. The summed E-state index contributed by atoms with van der Waals surface area (Å²) in [5.74, 6) is -0.276. The van der Waals surface area contributed by atoms with Crippen LogP contribution in [0.2, 0.25) is 5.02 Å². The van der Waals surface area contributed by atoms with Crippen LogP contribution in [0.5, 0.6) is 0 Å². The Bertz CT molecular complexity index is 1210. The van der Waals surface area contributed by atoms with E-state index >= 15 is 0 Å². The zero-order valence-electron chi connectivity index (χ0n) is 21.1. The Morgan fingerprint density at radius 2 is 1.86 bits per heavy atom.